The van der Waals surface area contributed by atoms with Gasteiger partial charge in [-0.05, 0) is 67.6 Å². The van der Waals surface area contributed by atoms with E-state index in [0.717, 1.165) is 39.6 Å². The zero-order valence-corrected chi connectivity index (χ0v) is 26.8. The summed E-state index contributed by atoms with van der Waals surface area (Å²) in [6.45, 7) is 1.69. The number of methoxy groups -OCH3 is 1. The highest BCUT2D eigenvalue weighted by molar-refractivity contribution is 6.48. The molecule has 9 nitrogen and oxygen atoms in total. The molecule has 1 unspecified atom stereocenters. The second kappa shape index (κ2) is 12.3. The third-order valence-corrected chi connectivity index (χ3v) is 9.12. The van der Waals surface area contributed by atoms with E-state index in [1.807, 2.05) is 66.2 Å². The van der Waals surface area contributed by atoms with Crippen LogP contribution >= 0.6 is 0 Å². The summed E-state index contributed by atoms with van der Waals surface area (Å²) in [5, 5.41) is 4.98. The number of fused-ring (bicyclic) bond motifs is 4. The second-order valence-electron chi connectivity index (χ2n) is 11.9. The van der Waals surface area contributed by atoms with E-state index in [1.165, 1.54) is 31.4 Å². The van der Waals surface area contributed by atoms with Crippen LogP contribution in [0.3, 0.4) is 0 Å². The third-order valence-electron chi connectivity index (χ3n) is 9.12. The number of hydrogen-bond donors (Lipinski definition) is 0. The third kappa shape index (κ3) is 5.42. The summed E-state index contributed by atoms with van der Waals surface area (Å²) >= 11 is 0. The van der Waals surface area contributed by atoms with Gasteiger partial charge in [-0.15, -0.1) is 0 Å². The number of alkyl halides is 2. The van der Waals surface area contributed by atoms with Gasteiger partial charge in [-0.2, -0.15) is 13.9 Å². The Morgan fingerprint density at radius 1 is 0.776 bits per heavy atom. The molecule has 8 rings (SSSR count). The number of aryl methyl sites for hydroxylation is 1. The van der Waals surface area contributed by atoms with Crippen molar-refractivity contribution in [2.75, 3.05) is 43.1 Å². The average Bonchev–Trinajstić information content (AvgIpc) is 3.46. The number of ether oxygens (including phenoxy) is 2. The minimum absolute atomic E-state index is 0.00227. The molecule has 1 saturated heterocycles. The van der Waals surface area contributed by atoms with E-state index in [9.17, 15) is 13.2 Å². The molecule has 0 saturated carbocycles. The van der Waals surface area contributed by atoms with E-state index in [2.05, 4.69) is 14.7 Å². The van der Waals surface area contributed by atoms with Crippen molar-refractivity contribution < 1.29 is 22.6 Å². The summed E-state index contributed by atoms with van der Waals surface area (Å²) in [7, 11) is 1.52. The molecule has 0 N–H and O–H groups in total. The quantitative estimate of drug-likeness (QED) is 0.188. The van der Waals surface area contributed by atoms with Gasteiger partial charge < -0.3 is 24.2 Å². The molecule has 3 aliphatic rings. The number of anilines is 2. The summed E-state index contributed by atoms with van der Waals surface area (Å²) in [6, 6.07) is 28.5. The Balaban J connectivity index is 1.29. The van der Waals surface area contributed by atoms with Crippen molar-refractivity contribution in [2.45, 2.75) is 19.6 Å². The number of rotatable bonds is 6. The molecule has 12 heteroatoms. The van der Waals surface area contributed by atoms with E-state index in [4.69, 9.17) is 24.6 Å². The number of nitrogens with zero attached hydrogens (tertiary/aromatic N) is 7. The fourth-order valence-electron chi connectivity index (χ4n) is 6.88. The molecule has 0 spiro atoms. The molecule has 0 aliphatic carbocycles. The normalized spacial score (nSPS) is 16.9. The van der Waals surface area contributed by atoms with E-state index in [-0.39, 0.29) is 11.6 Å². The van der Waals surface area contributed by atoms with Crippen molar-refractivity contribution in [3.63, 3.8) is 0 Å². The summed E-state index contributed by atoms with van der Waals surface area (Å²) in [6.07, 6.45) is 0. The van der Waals surface area contributed by atoms with Crippen LogP contribution in [0, 0.1) is 12.7 Å². The molecule has 248 valence electrons. The molecule has 4 heterocycles. The van der Waals surface area contributed by atoms with Gasteiger partial charge in [0.2, 0.25) is 0 Å². The van der Waals surface area contributed by atoms with Crippen LogP contribution in [0.25, 0.3) is 5.69 Å². The fraction of sp³-hybridized carbons (Fsp3) is 0.216. The molecule has 0 amide bonds. The molecular formula is C37H32F3N7O2. The Labute approximate surface area is 281 Å². The van der Waals surface area contributed by atoms with Gasteiger partial charge in [0.25, 0.3) is 0 Å². The minimum Gasteiger partial charge on any atom is -0.496 e. The highest BCUT2D eigenvalue weighted by Gasteiger charge is 2.44. The summed E-state index contributed by atoms with van der Waals surface area (Å²) < 4.78 is 52.5. The lowest BCUT2D eigenvalue weighted by Gasteiger charge is -2.44. The topological polar surface area (TPSA) is 70.7 Å². The van der Waals surface area contributed by atoms with Crippen molar-refractivity contribution in [3.05, 3.63) is 120 Å². The van der Waals surface area contributed by atoms with E-state index < -0.39 is 12.7 Å². The lowest BCUT2D eigenvalue weighted by Crippen LogP contribution is -2.55. The molecule has 0 radical (unpaired) electrons. The number of aromatic nitrogens is 2. The SMILES string of the molecule is COc1cc(OC(F)F)ccc1C1c2c(C)nn(-c3ccccc3)c2N=C2C(N3CCN(c4ccc(F)cc4)CC3)=Nc3ccccc3N21. The average molecular weight is 664 g/mol. The lowest BCUT2D eigenvalue weighted by atomic mass is 9.92. The van der Waals surface area contributed by atoms with E-state index >= 15 is 0 Å². The fourth-order valence-corrected chi connectivity index (χ4v) is 6.88. The molecule has 1 aromatic heterocycles. The molecule has 49 heavy (non-hydrogen) atoms. The van der Waals surface area contributed by atoms with Crippen LogP contribution in [0.4, 0.5) is 36.1 Å². The summed E-state index contributed by atoms with van der Waals surface area (Å²) in [5.74, 6) is 2.11. The zero-order chi connectivity index (χ0) is 33.6. The lowest BCUT2D eigenvalue weighted by molar-refractivity contribution is -0.0499. The smallest absolute Gasteiger partial charge is 0.387 e. The van der Waals surface area contributed by atoms with Crippen molar-refractivity contribution in [1.82, 2.24) is 14.7 Å². The summed E-state index contributed by atoms with van der Waals surface area (Å²) in [5.41, 5.74) is 5.76. The molecular weight excluding hydrogens is 631 g/mol. The zero-order valence-electron chi connectivity index (χ0n) is 26.8. The Bertz CT molecular complexity index is 2070. The Hall–Kier alpha value is -5.78. The number of amidine groups is 2. The largest absolute Gasteiger partial charge is 0.496 e. The van der Waals surface area contributed by atoms with Crippen molar-refractivity contribution in [2.24, 2.45) is 9.98 Å². The van der Waals surface area contributed by atoms with Crippen LogP contribution in [-0.4, -0.2) is 66.3 Å². The maximum absolute atomic E-state index is 13.6. The molecule has 4 aromatic carbocycles. The highest BCUT2D eigenvalue weighted by Crippen LogP contribution is 2.50. The van der Waals surface area contributed by atoms with Gasteiger partial charge in [0, 0.05) is 49.1 Å². The Morgan fingerprint density at radius 2 is 1.49 bits per heavy atom. The number of piperazine rings is 1. The standard InChI is InChI=1S/C37H32F3N7O2/c1-23-32-33(28-17-16-27(49-37(39)40)22-31(28)48-2)46-30-11-7-6-10-29(30)41-35(36(46)42-34(32)47(43-23)26-8-4-3-5-9-26)45-20-18-44(19-21-45)25-14-12-24(38)13-15-25/h3-17,22,33,37H,18-21H2,1-2H3. The van der Waals surface area contributed by atoms with Gasteiger partial charge >= 0.3 is 6.61 Å². The van der Waals surface area contributed by atoms with Crippen LogP contribution in [0.2, 0.25) is 0 Å². The maximum Gasteiger partial charge on any atom is 0.387 e. The van der Waals surface area contributed by atoms with E-state index in [0.29, 0.717) is 49.4 Å². The number of aliphatic imine (C=N–C) groups is 2. The molecule has 3 aliphatic heterocycles. The molecule has 5 aromatic rings. The van der Waals surface area contributed by atoms with Crippen molar-refractivity contribution in [3.8, 4) is 17.2 Å². The maximum atomic E-state index is 13.6. The predicted octanol–water partition coefficient (Wildman–Crippen LogP) is 7.44. The highest BCUT2D eigenvalue weighted by atomic mass is 19.3. The molecule has 1 fully saturated rings. The molecule has 1 atom stereocenters. The van der Waals surface area contributed by atoms with Gasteiger partial charge in [0.1, 0.15) is 17.3 Å². The van der Waals surface area contributed by atoms with Crippen molar-refractivity contribution in [1.29, 1.82) is 0 Å². The Kier molecular flexibility index (Phi) is 7.70. The van der Waals surface area contributed by atoms with Crippen molar-refractivity contribution >= 4 is 34.6 Å². The van der Waals surface area contributed by atoms with Gasteiger partial charge in [0.05, 0.1) is 35.9 Å². The van der Waals surface area contributed by atoms with Gasteiger partial charge in [0.15, 0.2) is 17.5 Å². The van der Waals surface area contributed by atoms with Crippen LogP contribution < -0.4 is 19.3 Å². The Morgan fingerprint density at radius 3 is 2.22 bits per heavy atom. The first-order chi connectivity index (χ1) is 23.9. The number of para-hydroxylation sites is 3. The van der Waals surface area contributed by atoms with E-state index in [1.54, 1.807) is 18.2 Å². The first kappa shape index (κ1) is 30.5. The van der Waals surface area contributed by atoms with Crippen LogP contribution in [-0.2, 0) is 0 Å². The number of hydrogen-bond acceptors (Lipinski definition) is 8. The second-order valence-corrected chi connectivity index (χ2v) is 11.9. The number of halogens is 3. The monoisotopic (exact) mass is 663 g/mol. The van der Waals surface area contributed by atoms with Crippen LogP contribution in [0.1, 0.15) is 22.9 Å². The van der Waals surface area contributed by atoms with Gasteiger partial charge in [-0.1, -0.05) is 30.3 Å². The van der Waals surface area contributed by atoms with Crippen LogP contribution in [0.15, 0.2) is 107 Å². The first-order valence-corrected chi connectivity index (χ1v) is 16.0. The van der Waals surface area contributed by atoms with Crippen LogP contribution in [0.5, 0.6) is 11.5 Å². The first-order valence-electron chi connectivity index (χ1n) is 16.0. The van der Waals surface area contributed by atoms with Gasteiger partial charge in [-0.3, -0.25) is 0 Å². The summed E-state index contributed by atoms with van der Waals surface area (Å²) in [4.78, 5) is 17.2. The number of benzene rings is 4. The predicted molar refractivity (Wildman–Crippen MR) is 183 cm³/mol. The molecule has 0 bridgehead atoms. The van der Waals surface area contributed by atoms with Gasteiger partial charge in [-0.25, -0.2) is 19.1 Å². The minimum atomic E-state index is -2.97.